The van der Waals surface area contributed by atoms with Crippen molar-refractivity contribution >= 4 is 17.5 Å². The van der Waals surface area contributed by atoms with E-state index < -0.39 is 0 Å². The van der Waals surface area contributed by atoms with E-state index in [9.17, 15) is 14.0 Å². The van der Waals surface area contributed by atoms with Crippen LogP contribution in [-0.4, -0.2) is 71.6 Å². The summed E-state index contributed by atoms with van der Waals surface area (Å²) in [5, 5.41) is 6.05. The summed E-state index contributed by atoms with van der Waals surface area (Å²) in [6, 6.07) is 15.5. The van der Waals surface area contributed by atoms with Crippen LogP contribution in [0.3, 0.4) is 0 Å². The molecule has 2 aromatic carbocycles. The zero-order chi connectivity index (χ0) is 20.2. The van der Waals surface area contributed by atoms with Crippen LogP contribution in [0.2, 0.25) is 0 Å². The first-order valence-electron chi connectivity index (χ1n) is 9.80. The van der Waals surface area contributed by atoms with Gasteiger partial charge in [-0.3, -0.25) is 14.5 Å². The van der Waals surface area contributed by atoms with Crippen molar-refractivity contribution < 1.29 is 14.0 Å². The summed E-state index contributed by atoms with van der Waals surface area (Å²) >= 11 is 0. The molecule has 2 aromatic rings. The fourth-order valence-electron chi connectivity index (χ4n) is 3.63. The summed E-state index contributed by atoms with van der Waals surface area (Å²) in [6.07, 6.45) is 0.760. The average Bonchev–Trinajstić information content (AvgIpc) is 3.26. The third kappa shape index (κ3) is 4.51. The molecule has 0 aliphatic carbocycles. The predicted molar refractivity (Wildman–Crippen MR) is 108 cm³/mol. The maximum atomic E-state index is 13.0. The molecule has 2 heterocycles. The molecule has 0 atom stereocenters. The first-order valence-corrected chi connectivity index (χ1v) is 9.80. The number of piperazine rings is 1. The van der Waals surface area contributed by atoms with Crippen molar-refractivity contribution in [1.29, 1.82) is 0 Å². The Hall–Kier alpha value is -3.06. The topological polar surface area (TPSA) is 56.2 Å². The molecule has 2 aliphatic heterocycles. The highest BCUT2D eigenvalue weighted by molar-refractivity contribution is 6.02. The van der Waals surface area contributed by atoms with Crippen molar-refractivity contribution in [2.24, 2.45) is 5.10 Å². The molecule has 29 heavy (non-hydrogen) atoms. The smallest absolute Gasteiger partial charge is 0.256 e. The molecule has 1 saturated heterocycles. The summed E-state index contributed by atoms with van der Waals surface area (Å²) < 4.78 is 13.0. The maximum Gasteiger partial charge on any atom is 0.256 e. The Balaban J connectivity index is 1.28. The quantitative estimate of drug-likeness (QED) is 0.799. The second-order valence-electron chi connectivity index (χ2n) is 7.25. The van der Waals surface area contributed by atoms with Crippen LogP contribution in [0.15, 0.2) is 59.7 Å². The summed E-state index contributed by atoms with van der Waals surface area (Å²) in [5.74, 6) is -0.480. The first-order chi connectivity index (χ1) is 14.1. The highest BCUT2D eigenvalue weighted by Gasteiger charge is 2.27. The van der Waals surface area contributed by atoms with Crippen molar-refractivity contribution in [2.45, 2.75) is 6.42 Å². The summed E-state index contributed by atoms with van der Waals surface area (Å²) in [6.45, 7) is 3.24. The maximum absolute atomic E-state index is 13.0. The highest BCUT2D eigenvalue weighted by atomic mass is 19.1. The predicted octanol–water partition coefficient (Wildman–Crippen LogP) is 2.22. The van der Waals surface area contributed by atoms with Gasteiger partial charge in [0.1, 0.15) is 5.82 Å². The van der Waals surface area contributed by atoms with Crippen LogP contribution in [0.25, 0.3) is 0 Å². The van der Waals surface area contributed by atoms with E-state index in [1.165, 1.54) is 24.3 Å². The molecular formula is C22H23FN4O2. The molecule has 0 radical (unpaired) electrons. The van der Waals surface area contributed by atoms with Crippen LogP contribution in [0.5, 0.6) is 0 Å². The second-order valence-corrected chi connectivity index (χ2v) is 7.25. The van der Waals surface area contributed by atoms with Gasteiger partial charge in [-0.05, 0) is 29.8 Å². The van der Waals surface area contributed by atoms with Crippen LogP contribution >= 0.6 is 0 Å². The van der Waals surface area contributed by atoms with Crippen molar-refractivity contribution in [3.63, 3.8) is 0 Å². The van der Waals surface area contributed by atoms with Gasteiger partial charge in [-0.15, -0.1) is 0 Å². The number of hydrogen-bond acceptors (Lipinski definition) is 4. The fourth-order valence-corrected chi connectivity index (χ4v) is 3.63. The largest absolute Gasteiger partial charge is 0.336 e. The number of halogens is 1. The zero-order valence-corrected chi connectivity index (χ0v) is 16.1. The number of benzene rings is 2. The summed E-state index contributed by atoms with van der Waals surface area (Å²) in [4.78, 5) is 28.9. The number of rotatable bonds is 4. The van der Waals surface area contributed by atoms with Gasteiger partial charge < -0.3 is 4.90 Å². The van der Waals surface area contributed by atoms with Gasteiger partial charge in [0.25, 0.3) is 11.8 Å². The van der Waals surface area contributed by atoms with Gasteiger partial charge in [-0.1, -0.05) is 30.3 Å². The minimum absolute atomic E-state index is 0.0192. The Labute approximate surface area is 169 Å². The molecule has 2 amide bonds. The van der Waals surface area contributed by atoms with E-state index in [4.69, 9.17) is 0 Å². The van der Waals surface area contributed by atoms with Gasteiger partial charge in [0, 0.05) is 38.2 Å². The molecule has 1 fully saturated rings. The molecule has 0 spiro atoms. The lowest BCUT2D eigenvalue weighted by molar-refractivity contribution is -0.132. The van der Waals surface area contributed by atoms with Crippen LogP contribution in [0.4, 0.5) is 4.39 Å². The Morgan fingerprint density at radius 3 is 2.28 bits per heavy atom. The molecule has 0 N–H and O–H groups in total. The molecule has 0 unspecified atom stereocenters. The van der Waals surface area contributed by atoms with Crippen molar-refractivity contribution in [3.05, 3.63) is 71.5 Å². The standard InChI is InChI=1S/C22H23FN4O2/c23-19-8-6-18(7-9-19)22(29)26-14-12-25(13-15-26)16-21(28)27-11-10-20(24-27)17-4-2-1-3-5-17/h1-9H,10-16H2. The summed E-state index contributed by atoms with van der Waals surface area (Å²) in [5.41, 5.74) is 2.47. The van der Waals surface area contributed by atoms with Crippen LogP contribution in [-0.2, 0) is 4.79 Å². The minimum Gasteiger partial charge on any atom is -0.336 e. The number of carbonyl (C=O) groups excluding carboxylic acids is 2. The van der Waals surface area contributed by atoms with Gasteiger partial charge in [-0.2, -0.15) is 5.10 Å². The van der Waals surface area contributed by atoms with Crippen molar-refractivity contribution in [1.82, 2.24) is 14.8 Å². The number of amides is 2. The lowest BCUT2D eigenvalue weighted by Gasteiger charge is -2.34. The lowest BCUT2D eigenvalue weighted by atomic mass is 10.1. The molecule has 2 aliphatic rings. The van der Waals surface area contributed by atoms with Gasteiger partial charge in [0.05, 0.1) is 18.8 Å². The lowest BCUT2D eigenvalue weighted by Crippen LogP contribution is -2.51. The summed E-state index contributed by atoms with van der Waals surface area (Å²) in [7, 11) is 0. The zero-order valence-electron chi connectivity index (χ0n) is 16.1. The van der Waals surface area contributed by atoms with E-state index >= 15 is 0 Å². The first kappa shape index (κ1) is 19.3. The molecule has 0 saturated carbocycles. The van der Waals surface area contributed by atoms with E-state index in [2.05, 4.69) is 5.10 Å². The van der Waals surface area contributed by atoms with Gasteiger partial charge in [-0.25, -0.2) is 9.40 Å². The molecule has 7 heteroatoms. The number of hydrogen-bond donors (Lipinski definition) is 0. The minimum atomic E-state index is -0.357. The SMILES string of the molecule is O=C(c1ccc(F)cc1)N1CCN(CC(=O)N2CCC(c3ccccc3)=N2)CC1. The fraction of sp³-hybridized carbons (Fsp3) is 0.318. The highest BCUT2D eigenvalue weighted by Crippen LogP contribution is 2.15. The van der Waals surface area contributed by atoms with Crippen molar-refractivity contribution in [3.8, 4) is 0 Å². The van der Waals surface area contributed by atoms with Gasteiger partial charge >= 0.3 is 0 Å². The van der Waals surface area contributed by atoms with E-state index in [-0.39, 0.29) is 17.6 Å². The van der Waals surface area contributed by atoms with E-state index in [1.54, 1.807) is 9.91 Å². The Morgan fingerprint density at radius 1 is 0.897 bits per heavy atom. The van der Waals surface area contributed by atoms with E-state index in [0.717, 1.165) is 17.7 Å². The Morgan fingerprint density at radius 2 is 1.59 bits per heavy atom. The van der Waals surface area contributed by atoms with E-state index in [0.29, 0.717) is 44.8 Å². The van der Waals surface area contributed by atoms with Crippen LogP contribution < -0.4 is 0 Å². The van der Waals surface area contributed by atoms with Gasteiger partial charge in [0.2, 0.25) is 0 Å². The third-order valence-corrected chi connectivity index (χ3v) is 5.31. The normalized spacial score (nSPS) is 17.3. The van der Waals surface area contributed by atoms with Crippen LogP contribution in [0.1, 0.15) is 22.3 Å². The molecular weight excluding hydrogens is 371 g/mol. The van der Waals surface area contributed by atoms with Crippen molar-refractivity contribution in [2.75, 3.05) is 39.3 Å². The molecule has 0 bridgehead atoms. The average molecular weight is 394 g/mol. The Kier molecular flexibility index (Phi) is 5.67. The Bertz CT molecular complexity index is 906. The second kappa shape index (κ2) is 8.53. The molecule has 4 rings (SSSR count). The number of hydrazone groups is 1. The van der Waals surface area contributed by atoms with Crippen LogP contribution in [0, 0.1) is 5.82 Å². The molecule has 0 aromatic heterocycles. The third-order valence-electron chi connectivity index (χ3n) is 5.31. The number of nitrogens with zero attached hydrogens (tertiary/aromatic N) is 4. The number of carbonyl (C=O) groups is 2. The molecule has 6 nitrogen and oxygen atoms in total. The molecule has 150 valence electrons. The van der Waals surface area contributed by atoms with E-state index in [1.807, 2.05) is 35.2 Å². The monoisotopic (exact) mass is 394 g/mol. The van der Waals surface area contributed by atoms with Gasteiger partial charge in [0.15, 0.2) is 0 Å².